The van der Waals surface area contributed by atoms with E-state index in [0.717, 1.165) is 18.3 Å². The van der Waals surface area contributed by atoms with Gasteiger partial charge in [-0.25, -0.2) is 9.37 Å². The van der Waals surface area contributed by atoms with Gasteiger partial charge in [0.25, 0.3) is 5.56 Å². The Hall–Kier alpha value is -2.19. The van der Waals surface area contributed by atoms with Gasteiger partial charge in [0.1, 0.15) is 11.6 Å². The molecule has 0 amide bonds. The summed E-state index contributed by atoms with van der Waals surface area (Å²) < 4.78 is 15.7. The van der Waals surface area contributed by atoms with E-state index in [4.69, 9.17) is 0 Å². The number of amidine groups is 1. The lowest BCUT2D eigenvalue weighted by Gasteiger charge is -2.14. The maximum absolute atomic E-state index is 14.3. The molecule has 1 aromatic heterocycles. The Morgan fingerprint density at radius 1 is 1.15 bits per heavy atom. The summed E-state index contributed by atoms with van der Waals surface area (Å²) >= 11 is 1.46. The molecular weight excluding hydrogens is 419 g/mol. The Bertz CT molecular complexity index is 1040. The van der Waals surface area contributed by atoms with Gasteiger partial charge in [-0.3, -0.25) is 14.4 Å². The molecule has 1 N–H and O–H groups in total. The predicted molar refractivity (Wildman–Crippen MR) is 109 cm³/mol. The van der Waals surface area contributed by atoms with Crippen molar-refractivity contribution in [2.24, 2.45) is 4.99 Å². The van der Waals surface area contributed by atoms with Gasteiger partial charge in [0.05, 0.1) is 28.9 Å². The molecule has 1 aliphatic rings. The summed E-state index contributed by atoms with van der Waals surface area (Å²) in [7, 11) is 0. The number of rotatable bonds is 3. The minimum absolute atomic E-state index is 0. The van der Waals surface area contributed by atoms with Crippen molar-refractivity contribution in [2.75, 3.05) is 13.1 Å². The quantitative estimate of drug-likeness (QED) is 0.686. The largest absolute Gasteiger partial charge is 0.363 e. The van der Waals surface area contributed by atoms with E-state index < -0.39 is 5.82 Å². The van der Waals surface area contributed by atoms with Crippen LogP contribution in [-0.4, -0.2) is 27.8 Å². The molecule has 0 atom stereocenters. The van der Waals surface area contributed by atoms with E-state index in [0.29, 0.717) is 22.5 Å². The third-order valence-electron chi connectivity index (χ3n) is 3.92. The van der Waals surface area contributed by atoms with E-state index in [1.807, 2.05) is 6.07 Å². The van der Waals surface area contributed by atoms with Crippen molar-refractivity contribution < 1.29 is 4.39 Å². The van der Waals surface area contributed by atoms with Crippen LogP contribution in [0.5, 0.6) is 0 Å². The van der Waals surface area contributed by atoms with Crippen LogP contribution in [0.4, 0.5) is 4.39 Å². The third-order valence-corrected chi connectivity index (χ3v) is 4.87. The molecule has 0 radical (unpaired) electrons. The summed E-state index contributed by atoms with van der Waals surface area (Å²) in [5.41, 5.74) is 0.548. The zero-order valence-corrected chi connectivity index (χ0v) is 16.2. The number of aliphatic imine (C=N–C) groups is 1. The molecule has 5 nitrogen and oxygen atoms in total. The number of halogens is 2. The fraction of sp³-hybridized carbons (Fsp3) is 0.167. The lowest BCUT2D eigenvalue weighted by molar-refractivity contribution is 0.613. The third kappa shape index (κ3) is 3.52. The van der Waals surface area contributed by atoms with Crippen LogP contribution in [0.15, 0.2) is 58.3 Å². The van der Waals surface area contributed by atoms with Crippen molar-refractivity contribution in [3.63, 3.8) is 0 Å². The van der Waals surface area contributed by atoms with Gasteiger partial charge in [-0.05, 0) is 24.3 Å². The summed E-state index contributed by atoms with van der Waals surface area (Å²) in [6.45, 7) is 1.56. The van der Waals surface area contributed by atoms with E-state index in [9.17, 15) is 9.18 Å². The first kappa shape index (κ1) is 18.6. The average molecular weight is 435 g/mol. The summed E-state index contributed by atoms with van der Waals surface area (Å²) in [5, 5.41) is 4.46. The summed E-state index contributed by atoms with van der Waals surface area (Å²) in [4.78, 5) is 21.9. The second-order valence-corrected chi connectivity index (χ2v) is 6.50. The summed E-state index contributed by atoms with van der Waals surface area (Å²) in [6, 6.07) is 13.4. The summed E-state index contributed by atoms with van der Waals surface area (Å²) in [5.74, 6) is 0.458. The molecule has 0 fully saturated rings. The van der Waals surface area contributed by atoms with E-state index >= 15 is 0 Å². The van der Waals surface area contributed by atoms with E-state index in [-0.39, 0.29) is 28.2 Å². The van der Waals surface area contributed by atoms with Crippen LogP contribution in [0.1, 0.15) is 5.82 Å². The Balaban J connectivity index is 0.00000196. The van der Waals surface area contributed by atoms with Crippen molar-refractivity contribution >= 4 is 44.8 Å². The first-order valence-electron chi connectivity index (χ1n) is 7.91. The molecule has 26 heavy (non-hydrogen) atoms. The van der Waals surface area contributed by atoms with Crippen molar-refractivity contribution in [1.29, 1.82) is 0 Å². The molecule has 1 aliphatic heterocycles. The molecule has 3 aromatic rings. The number of nitrogens with one attached hydrogen (secondary N) is 1. The van der Waals surface area contributed by atoms with Gasteiger partial charge >= 0.3 is 0 Å². The number of hydrogen-bond acceptors (Lipinski definition) is 5. The molecule has 0 saturated heterocycles. The number of nitrogens with zero attached hydrogens (tertiary/aromatic N) is 3. The Labute approximate surface area is 164 Å². The minimum Gasteiger partial charge on any atom is -0.363 e. The second kappa shape index (κ2) is 8.01. The average Bonchev–Trinajstić information content (AvgIpc) is 3.15. The predicted octanol–water partition coefficient (Wildman–Crippen LogP) is 3.30. The van der Waals surface area contributed by atoms with Crippen LogP contribution in [0.3, 0.4) is 0 Å². The first-order valence-corrected chi connectivity index (χ1v) is 8.89. The first-order chi connectivity index (χ1) is 12.2. The van der Waals surface area contributed by atoms with Crippen molar-refractivity contribution in [3.05, 3.63) is 70.5 Å². The van der Waals surface area contributed by atoms with Crippen molar-refractivity contribution in [3.8, 4) is 5.69 Å². The van der Waals surface area contributed by atoms with Crippen LogP contribution in [0.2, 0.25) is 0 Å². The topological polar surface area (TPSA) is 59.3 Å². The number of benzene rings is 2. The standard InChI is InChI=1S/C18H15FN4OS.BrH/c19-13-6-2-4-8-15(13)23-16(11-25-18-20-9-10-21-18)22-14-7-3-1-5-12(14)17(23)24;/h1-8H,9-11H2,(H,20,21);1H. The smallest absolute Gasteiger partial charge is 0.266 e. The van der Waals surface area contributed by atoms with E-state index in [1.165, 1.54) is 22.4 Å². The molecule has 4 rings (SSSR count). The molecule has 0 spiro atoms. The van der Waals surface area contributed by atoms with Gasteiger partial charge in [0.2, 0.25) is 0 Å². The van der Waals surface area contributed by atoms with E-state index in [1.54, 1.807) is 36.4 Å². The molecule has 2 heterocycles. The van der Waals surface area contributed by atoms with Crippen LogP contribution >= 0.6 is 28.7 Å². The molecule has 0 saturated carbocycles. The SMILES string of the molecule is Br.O=c1c2ccccc2nc(CSC2=NCCN2)n1-c1ccccc1F. The fourth-order valence-corrected chi connectivity index (χ4v) is 3.61. The normalized spacial score (nSPS) is 13.2. The molecule has 8 heteroatoms. The highest BCUT2D eigenvalue weighted by molar-refractivity contribution is 8.93. The highest BCUT2D eigenvalue weighted by Crippen LogP contribution is 2.20. The lowest BCUT2D eigenvalue weighted by Crippen LogP contribution is -2.25. The molecule has 0 aliphatic carbocycles. The van der Waals surface area contributed by atoms with Gasteiger partial charge < -0.3 is 5.32 Å². The monoisotopic (exact) mass is 434 g/mol. The molecular formula is C18H16BrFN4OS. The number of fused-ring (bicyclic) bond motifs is 1. The van der Waals surface area contributed by atoms with Crippen LogP contribution in [-0.2, 0) is 5.75 Å². The lowest BCUT2D eigenvalue weighted by atomic mass is 10.2. The second-order valence-electron chi connectivity index (χ2n) is 5.54. The van der Waals surface area contributed by atoms with Gasteiger partial charge in [0, 0.05) is 6.54 Å². The maximum atomic E-state index is 14.3. The molecule has 134 valence electrons. The minimum atomic E-state index is -0.454. The number of aromatic nitrogens is 2. The Morgan fingerprint density at radius 2 is 1.92 bits per heavy atom. The number of hydrogen-bond donors (Lipinski definition) is 1. The van der Waals surface area contributed by atoms with Gasteiger partial charge in [-0.15, -0.1) is 17.0 Å². The van der Waals surface area contributed by atoms with Gasteiger partial charge in [-0.1, -0.05) is 36.0 Å². The Morgan fingerprint density at radius 3 is 2.69 bits per heavy atom. The summed E-state index contributed by atoms with van der Waals surface area (Å²) in [6.07, 6.45) is 0. The maximum Gasteiger partial charge on any atom is 0.266 e. The highest BCUT2D eigenvalue weighted by Gasteiger charge is 2.16. The highest BCUT2D eigenvalue weighted by atomic mass is 79.9. The van der Waals surface area contributed by atoms with Crippen molar-refractivity contribution in [2.45, 2.75) is 5.75 Å². The number of thioether (sulfide) groups is 1. The zero-order valence-electron chi connectivity index (χ0n) is 13.7. The van der Waals surface area contributed by atoms with E-state index in [2.05, 4.69) is 15.3 Å². The van der Waals surface area contributed by atoms with Crippen LogP contribution in [0.25, 0.3) is 16.6 Å². The Kier molecular flexibility index (Phi) is 5.73. The fourth-order valence-electron chi connectivity index (χ4n) is 2.76. The molecule has 2 aromatic carbocycles. The van der Waals surface area contributed by atoms with Crippen LogP contribution in [0, 0.1) is 5.82 Å². The van der Waals surface area contributed by atoms with Gasteiger partial charge in [-0.2, -0.15) is 0 Å². The number of para-hydroxylation sites is 2. The van der Waals surface area contributed by atoms with Crippen LogP contribution < -0.4 is 10.9 Å². The molecule has 0 bridgehead atoms. The van der Waals surface area contributed by atoms with Crippen molar-refractivity contribution in [1.82, 2.24) is 14.9 Å². The molecule has 0 unspecified atom stereocenters. The van der Waals surface area contributed by atoms with Gasteiger partial charge in [0.15, 0.2) is 5.17 Å². The zero-order chi connectivity index (χ0) is 17.2.